The zero-order chi connectivity index (χ0) is 28.1. The van der Waals surface area contributed by atoms with Crippen molar-refractivity contribution in [1.29, 1.82) is 0 Å². The lowest BCUT2D eigenvalue weighted by Crippen LogP contribution is -2.22. The van der Waals surface area contributed by atoms with Crippen molar-refractivity contribution in [2.75, 3.05) is 0 Å². The maximum Gasteiger partial charge on any atom is 0.343 e. The number of azo groups is 2. The van der Waals surface area contributed by atoms with Gasteiger partial charge in [-0.25, -0.2) is 4.79 Å². The number of hydrogen-bond acceptors (Lipinski definition) is 6. The van der Waals surface area contributed by atoms with Crippen LogP contribution in [0.1, 0.15) is 21.5 Å². The molecule has 6 nitrogen and oxygen atoms in total. The number of hydrogen-bond donors (Lipinski definition) is 0. The topological polar surface area (TPSA) is 75.7 Å². The smallest absolute Gasteiger partial charge is 0.343 e. The van der Waals surface area contributed by atoms with Gasteiger partial charge in [0.25, 0.3) is 0 Å². The Balaban J connectivity index is 1.43. The van der Waals surface area contributed by atoms with Crippen molar-refractivity contribution < 1.29 is 9.53 Å². The average molecular weight is 543 g/mol. The summed E-state index contributed by atoms with van der Waals surface area (Å²) in [6, 6.07) is 32.7. The molecule has 0 atom stereocenters. The molecule has 0 fully saturated rings. The maximum atomic E-state index is 13.0. The molecule has 0 aromatic heterocycles. The number of benzene rings is 5. The highest BCUT2D eigenvalue weighted by atomic mass is 28.3. The Morgan fingerprint density at radius 2 is 1.38 bits per heavy atom. The fourth-order valence-corrected chi connectivity index (χ4v) is 5.25. The summed E-state index contributed by atoms with van der Waals surface area (Å²) in [5, 5.41) is 21.0. The van der Waals surface area contributed by atoms with Gasteiger partial charge in [0.15, 0.2) is 5.75 Å². The van der Waals surface area contributed by atoms with E-state index in [0.717, 1.165) is 33.3 Å². The van der Waals surface area contributed by atoms with Gasteiger partial charge in [0.2, 0.25) is 0 Å². The molecular weight excluding hydrogens is 512 g/mol. The Bertz CT molecular complexity index is 1740. The van der Waals surface area contributed by atoms with Crippen LogP contribution in [0.15, 0.2) is 124 Å². The first kappa shape index (κ1) is 26.8. The Morgan fingerprint density at radius 3 is 2.12 bits per heavy atom. The van der Waals surface area contributed by atoms with E-state index in [1.165, 1.54) is 5.19 Å². The first-order valence-electron chi connectivity index (χ1n) is 13.2. The summed E-state index contributed by atoms with van der Waals surface area (Å²) in [4.78, 5) is 13.0. The number of fused-ring (bicyclic) bond motifs is 1. The molecule has 198 valence electrons. The van der Waals surface area contributed by atoms with E-state index in [1.54, 1.807) is 6.07 Å². The van der Waals surface area contributed by atoms with E-state index >= 15 is 0 Å². The number of carbonyl (C=O) groups excluding carboxylic acids is 1. The molecule has 5 aromatic rings. The second-order valence-electron chi connectivity index (χ2n) is 9.96. The van der Waals surface area contributed by atoms with Gasteiger partial charge in [0.1, 0.15) is 5.69 Å². The quantitative estimate of drug-likeness (QED) is 0.0889. The van der Waals surface area contributed by atoms with E-state index < -0.39 is 14.8 Å². The van der Waals surface area contributed by atoms with Gasteiger partial charge in [-0.05, 0) is 72.8 Å². The summed E-state index contributed by atoms with van der Waals surface area (Å²) in [6.45, 7) is 8.47. The third-order valence-corrected chi connectivity index (χ3v) is 8.42. The average Bonchev–Trinajstić information content (AvgIpc) is 2.97. The number of ether oxygens (including phenoxy) is 1. The van der Waals surface area contributed by atoms with Gasteiger partial charge in [-0.2, -0.15) is 15.3 Å². The van der Waals surface area contributed by atoms with Crippen molar-refractivity contribution in [3.05, 3.63) is 120 Å². The minimum absolute atomic E-state index is 0.357. The normalized spacial score (nSPS) is 11.6. The molecule has 0 spiro atoms. The Morgan fingerprint density at radius 1 is 0.675 bits per heavy atom. The van der Waals surface area contributed by atoms with Crippen molar-refractivity contribution in [3.8, 4) is 5.75 Å². The molecule has 5 rings (SSSR count). The maximum absolute atomic E-state index is 13.0. The summed E-state index contributed by atoms with van der Waals surface area (Å²) in [6.07, 6.45) is 0. The lowest BCUT2D eigenvalue weighted by Gasteiger charge is -2.10. The van der Waals surface area contributed by atoms with Gasteiger partial charge in [-0.15, -0.1) is 5.11 Å². The van der Waals surface area contributed by atoms with Crippen molar-refractivity contribution in [3.63, 3.8) is 0 Å². The Hall–Kier alpha value is -4.75. The van der Waals surface area contributed by atoms with E-state index in [9.17, 15) is 4.79 Å². The van der Waals surface area contributed by atoms with Crippen molar-refractivity contribution in [2.45, 2.75) is 26.9 Å². The Kier molecular flexibility index (Phi) is 8.03. The minimum Gasteiger partial charge on any atom is -0.421 e. The molecule has 0 aliphatic heterocycles. The van der Waals surface area contributed by atoms with Crippen LogP contribution in [0.4, 0.5) is 22.7 Å². The van der Waals surface area contributed by atoms with E-state index in [0.29, 0.717) is 22.7 Å². The van der Waals surface area contributed by atoms with E-state index in [1.807, 2.05) is 111 Å². The third-order valence-electron chi connectivity index (χ3n) is 6.71. The van der Waals surface area contributed by atoms with Crippen LogP contribution in [-0.2, 0) is 0 Å². The largest absolute Gasteiger partial charge is 0.421 e. The van der Waals surface area contributed by atoms with Crippen LogP contribution in [-0.4, -0.2) is 14.8 Å². The number of aryl methyl sites for hydroxylation is 2. The van der Waals surface area contributed by atoms with E-state index in [2.05, 4.69) is 33.6 Å². The zero-order valence-corrected chi connectivity index (χ0v) is 24.2. The molecule has 0 saturated heterocycles. The SMILES string of the molecule is Cc1ccccc1/N=N/c1ccc(/N=N/c2c(OC(=O)c3ccc([SiH](C)C)cc3)ccc3ccccc23)c(C)c1. The molecule has 0 radical (unpaired) electrons. The number of esters is 1. The van der Waals surface area contributed by atoms with Crippen molar-refractivity contribution in [1.82, 2.24) is 0 Å². The second kappa shape index (κ2) is 12.0. The minimum atomic E-state index is -0.944. The number of rotatable bonds is 7. The van der Waals surface area contributed by atoms with Crippen LogP contribution in [0.2, 0.25) is 13.1 Å². The fraction of sp³-hybridized carbons (Fsp3) is 0.121. The first-order chi connectivity index (χ1) is 19.4. The molecule has 0 amide bonds. The molecule has 0 heterocycles. The van der Waals surface area contributed by atoms with E-state index in [-0.39, 0.29) is 0 Å². The molecule has 40 heavy (non-hydrogen) atoms. The van der Waals surface area contributed by atoms with Gasteiger partial charge >= 0.3 is 5.97 Å². The molecule has 0 unspecified atom stereocenters. The predicted molar refractivity (Wildman–Crippen MR) is 165 cm³/mol. The molecule has 0 aliphatic rings. The predicted octanol–water partition coefficient (Wildman–Crippen LogP) is 9.20. The summed E-state index contributed by atoms with van der Waals surface area (Å²) in [7, 11) is -0.944. The molecule has 0 aliphatic carbocycles. The highest BCUT2D eigenvalue weighted by Crippen LogP contribution is 2.38. The van der Waals surface area contributed by atoms with Crippen LogP contribution in [0.25, 0.3) is 10.8 Å². The fourth-order valence-electron chi connectivity index (χ4n) is 4.29. The summed E-state index contributed by atoms with van der Waals surface area (Å²) in [5.41, 5.74) is 5.21. The molecule has 0 bridgehead atoms. The third kappa shape index (κ3) is 6.11. The van der Waals surface area contributed by atoms with E-state index in [4.69, 9.17) is 4.74 Å². The van der Waals surface area contributed by atoms with Gasteiger partial charge in [-0.3, -0.25) is 0 Å². The van der Waals surface area contributed by atoms with Gasteiger partial charge in [0, 0.05) is 5.39 Å². The van der Waals surface area contributed by atoms with Crippen LogP contribution in [0, 0.1) is 13.8 Å². The monoisotopic (exact) mass is 542 g/mol. The first-order valence-corrected chi connectivity index (χ1v) is 16.1. The van der Waals surface area contributed by atoms with Crippen molar-refractivity contribution in [2.24, 2.45) is 20.5 Å². The standard InChI is InChI=1S/C33H30N4O2Si/c1-22-9-5-8-12-29(22)35-34-26-16-19-30(23(2)21-26)36-37-32-28-11-7-6-10-24(28)15-20-31(32)39-33(38)25-13-17-27(18-14-25)40(3)4/h5-21,40H,1-4H3/b35-34+,37-36+. The number of nitrogens with zero attached hydrogens (tertiary/aromatic N) is 4. The molecule has 0 saturated carbocycles. The van der Waals surface area contributed by atoms with Crippen molar-refractivity contribution >= 4 is 53.5 Å². The van der Waals surface area contributed by atoms with Gasteiger partial charge in [-0.1, -0.05) is 78.9 Å². The lowest BCUT2D eigenvalue weighted by molar-refractivity contribution is 0.0735. The number of carbonyl (C=O) groups is 1. The van der Waals surface area contributed by atoms with Gasteiger partial charge in [0.05, 0.1) is 31.4 Å². The van der Waals surface area contributed by atoms with Crippen LogP contribution >= 0.6 is 0 Å². The summed E-state index contributed by atoms with van der Waals surface area (Å²) < 4.78 is 5.85. The highest BCUT2D eigenvalue weighted by Gasteiger charge is 2.15. The highest BCUT2D eigenvalue weighted by molar-refractivity contribution is 6.70. The molecule has 5 aromatic carbocycles. The zero-order valence-electron chi connectivity index (χ0n) is 23.0. The summed E-state index contributed by atoms with van der Waals surface area (Å²) >= 11 is 0. The molecular formula is C33H30N4O2Si. The van der Waals surface area contributed by atoms with Crippen LogP contribution in [0.5, 0.6) is 5.75 Å². The second-order valence-corrected chi connectivity index (χ2v) is 12.9. The lowest BCUT2D eigenvalue weighted by atomic mass is 10.1. The Labute approximate surface area is 235 Å². The molecule has 7 heteroatoms. The molecule has 0 N–H and O–H groups in total. The van der Waals surface area contributed by atoms with Crippen LogP contribution < -0.4 is 9.92 Å². The van der Waals surface area contributed by atoms with Gasteiger partial charge < -0.3 is 4.74 Å². The summed E-state index contributed by atoms with van der Waals surface area (Å²) in [5.74, 6) is -0.0701. The van der Waals surface area contributed by atoms with Crippen LogP contribution in [0.3, 0.4) is 0 Å².